The Morgan fingerprint density at radius 1 is 1.25 bits per heavy atom. The van der Waals surface area contributed by atoms with E-state index < -0.39 is 10.0 Å². The van der Waals surface area contributed by atoms with Gasteiger partial charge < -0.3 is 4.90 Å². The standard InChI is InChI=1S/C17H23N3O2S2/c1-2-3-14-4-6-16(7-5-14)24(21,22)19-15-8-11-20(12-9-15)17-18-10-13-23-17/h4-7,10,13,15,19H,2-3,8-9,11-12H2,1H3. The highest BCUT2D eigenvalue weighted by Crippen LogP contribution is 2.23. The summed E-state index contributed by atoms with van der Waals surface area (Å²) >= 11 is 1.62. The molecule has 0 unspecified atom stereocenters. The van der Waals surface area contributed by atoms with Crippen molar-refractivity contribution < 1.29 is 8.42 Å². The molecular weight excluding hydrogens is 342 g/mol. The van der Waals surface area contributed by atoms with Crippen LogP contribution in [0.1, 0.15) is 31.7 Å². The fraction of sp³-hybridized carbons (Fsp3) is 0.471. The van der Waals surface area contributed by atoms with Crippen molar-refractivity contribution in [3.05, 3.63) is 41.4 Å². The van der Waals surface area contributed by atoms with E-state index in [2.05, 4.69) is 21.5 Å². The number of anilines is 1. The summed E-state index contributed by atoms with van der Waals surface area (Å²) in [6, 6.07) is 7.21. The van der Waals surface area contributed by atoms with Gasteiger partial charge in [0.1, 0.15) is 0 Å². The second-order valence-electron chi connectivity index (χ2n) is 6.09. The van der Waals surface area contributed by atoms with Gasteiger partial charge in [0.05, 0.1) is 4.90 Å². The first kappa shape index (κ1) is 17.4. The Kier molecular flexibility index (Phi) is 5.53. The van der Waals surface area contributed by atoms with Gasteiger partial charge in [-0.2, -0.15) is 0 Å². The fourth-order valence-electron chi connectivity index (χ4n) is 2.97. The predicted octanol–water partition coefficient (Wildman–Crippen LogP) is 3.04. The van der Waals surface area contributed by atoms with Crippen molar-refractivity contribution in [1.29, 1.82) is 0 Å². The highest BCUT2D eigenvalue weighted by atomic mass is 32.2. The van der Waals surface area contributed by atoms with Crippen LogP contribution in [0.2, 0.25) is 0 Å². The molecule has 0 bridgehead atoms. The molecule has 1 aromatic carbocycles. The van der Waals surface area contributed by atoms with Crippen molar-refractivity contribution >= 4 is 26.5 Å². The maximum Gasteiger partial charge on any atom is 0.240 e. The summed E-state index contributed by atoms with van der Waals surface area (Å²) in [6.07, 6.45) is 5.43. The molecule has 0 atom stereocenters. The van der Waals surface area contributed by atoms with Crippen LogP contribution in [0.25, 0.3) is 0 Å². The van der Waals surface area contributed by atoms with Crippen LogP contribution in [-0.2, 0) is 16.4 Å². The van der Waals surface area contributed by atoms with Crippen LogP contribution in [0.3, 0.4) is 0 Å². The topological polar surface area (TPSA) is 62.3 Å². The third-order valence-electron chi connectivity index (χ3n) is 4.28. The average Bonchev–Trinajstić information content (AvgIpc) is 3.10. The van der Waals surface area contributed by atoms with E-state index in [4.69, 9.17) is 0 Å². The molecule has 1 aliphatic rings. The molecule has 3 rings (SSSR count). The number of nitrogens with one attached hydrogen (secondary N) is 1. The molecule has 0 spiro atoms. The number of sulfonamides is 1. The molecule has 5 nitrogen and oxygen atoms in total. The Balaban J connectivity index is 1.59. The summed E-state index contributed by atoms with van der Waals surface area (Å²) in [5, 5.41) is 2.98. The van der Waals surface area contributed by atoms with Crippen molar-refractivity contribution in [3.63, 3.8) is 0 Å². The minimum atomic E-state index is -3.44. The fourth-order valence-corrected chi connectivity index (χ4v) is 4.97. The molecule has 1 aromatic heterocycles. The van der Waals surface area contributed by atoms with Crippen LogP contribution in [0.15, 0.2) is 40.7 Å². The van der Waals surface area contributed by atoms with Gasteiger partial charge in [-0.3, -0.25) is 0 Å². The second kappa shape index (κ2) is 7.63. The van der Waals surface area contributed by atoms with E-state index in [1.54, 1.807) is 29.7 Å². The molecule has 0 radical (unpaired) electrons. The van der Waals surface area contributed by atoms with Gasteiger partial charge in [0, 0.05) is 30.7 Å². The summed E-state index contributed by atoms with van der Waals surface area (Å²) in [5.74, 6) is 0. The zero-order chi connectivity index (χ0) is 17.0. The van der Waals surface area contributed by atoms with Gasteiger partial charge in [-0.05, 0) is 37.0 Å². The zero-order valence-corrected chi connectivity index (χ0v) is 15.4. The zero-order valence-electron chi connectivity index (χ0n) is 13.8. The predicted molar refractivity (Wildman–Crippen MR) is 98.1 cm³/mol. The van der Waals surface area contributed by atoms with Crippen LogP contribution in [0, 0.1) is 0 Å². The molecule has 2 aromatic rings. The summed E-state index contributed by atoms with van der Waals surface area (Å²) in [6.45, 7) is 3.77. The van der Waals surface area contributed by atoms with E-state index in [0.29, 0.717) is 4.90 Å². The molecule has 7 heteroatoms. The molecule has 0 amide bonds. The lowest BCUT2D eigenvalue weighted by Gasteiger charge is -2.31. The molecule has 1 fully saturated rings. The Hall–Kier alpha value is -1.44. The van der Waals surface area contributed by atoms with Crippen molar-refractivity contribution in [2.24, 2.45) is 0 Å². The maximum atomic E-state index is 12.5. The van der Waals surface area contributed by atoms with Crippen molar-refractivity contribution in [1.82, 2.24) is 9.71 Å². The van der Waals surface area contributed by atoms with Gasteiger partial charge in [-0.25, -0.2) is 18.1 Å². The van der Waals surface area contributed by atoms with Crippen molar-refractivity contribution in [2.45, 2.75) is 43.5 Å². The van der Waals surface area contributed by atoms with Crippen LogP contribution in [0.4, 0.5) is 5.13 Å². The van der Waals surface area contributed by atoms with Crippen LogP contribution >= 0.6 is 11.3 Å². The highest BCUT2D eigenvalue weighted by Gasteiger charge is 2.25. The Labute approximate surface area is 147 Å². The first-order valence-electron chi connectivity index (χ1n) is 8.34. The smallest absolute Gasteiger partial charge is 0.240 e. The Morgan fingerprint density at radius 2 is 1.96 bits per heavy atom. The van der Waals surface area contributed by atoms with Gasteiger partial charge in [0.2, 0.25) is 10.0 Å². The maximum absolute atomic E-state index is 12.5. The lowest BCUT2D eigenvalue weighted by atomic mass is 10.1. The van der Waals surface area contributed by atoms with Gasteiger partial charge in [-0.15, -0.1) is 11.3 Å². The van der Waals surface area contributed by atoms with E-state index in [1.807, 2.05) is 17.5 Å². The number of hydrogen-bond acceptors (Lipinski definition) is 5. The van der Waals surface area contributed by atoms with E-state index in [0.717, 1.165) is 43.9 Å². The number of rotatable bonds is 6. The normalized spacial score (nSPS) is 16.5. The van der Waals surface area contributed by atoms with Crippen molar-refractivity contribution in [3.8, 4) is 0 Å². The van der Waals surface area contributed by atoms with Gasteiger partial charge in [0.25, 0.3) is 0 Å². The number of benzene rings is 1. The molecule has 1 aliphatic heterocycles. The van der Waals surface area contributed by atoms with E-state index in [-0.39, 0.29) is 6.04 Å². The first-order valence-corrected chi connectivity index (χ1v) is 10.7. The number of hydrogen-bond donors (Lipinski definition) is 1. The average molecular weight is 366 g/mol. The Morgan fingerprint density at radius 3 is 2.54 bits per heavy atom. The van der Waals surface area contributed by atoms with E-state index in [9.17, 15) is 8.42 Å². The first-order chi connectivity index (χ1) is 11.6. The number of aryl methyl sites for hydroxylation is 1. The number of thiazole rings is 1. The summed E-state index contributed by atoms with van der Waals surface area (Å²) in [5.41, 5.74) is 1.17. The third kappa shape index (κ3) is 4.15. The molecule has 0 saturated carbocycles. The molecule has 1 saturated heterocycles. The monoisotopic (exact) mass is 365 g/mol. The number of nitrogens with zero attached hydrogens (tertiary/aromatic N) is 2. The summed E-state index contributed by atoms with van der Waals surface area (Å²) in [4.78, 5) is 6.89. The summed E-state index contributed by atoms with van der Waals surface area (Å²) in [7, 11) is -3.44. The molecule has 1 N–H and O–H groups in total. The lowest BCUT2D eigenvalue weighted by molar-refractivity contribution is 0.460. The largest absolute Gasteiger partial charge is 0.348 e. The van der Waals surface area contributed by atoms with Crippen LogP contribution in [-0.4, -0.2) is 32.5 Å². The molecular formula is C17H23N3O2S2. The van der Waals surface area contributed by atoms with Gasteiger partial charge >= 0.3 is 0 Å². The van der Waals surface area contributed by atoms with Gasteiger partial charge in [-0.1, -0.05) is 25.5 Å². The number of piperidine rings is 1. The molecule has 130 valence electrons. The third-order valence-corrected chi connectivity index (χ3v) is 6.65. The minimum Gasteiger partial charge on any atom is -0.348 e. The van der Waals surface area contributed by atoms with Gasteiger partial charge in [0.15, 0.2) is 5.13 Å². The summed E-state index contributed by atoms with van der Waals surface area (Å²) < 4.78 is 27.9. The highest BCUT2D eigenvalue weighted by molar-refractivity contribution is 7.89. The Bertz CT molecular complexity index is 735. The second-order valence-corrected chi connectivity index (χ2v) is 8.68. The number of aromatic nitrogens is 1. The van der Waals surface area contributed by atoms with E-state index in [1.165, 1.54) is 5.56 Å². The quantitative estimate of drug-likeness (QED) is 0.855. The van der Waals surface area contributed by atoms with Crippen molar-refractivity contribution in [2.75, 3.05) is 18.0 Å². The van der Waals surface area contributed by atoms with Crippen LogP contribution in [0.5, 0.6) is 0 Å². The SMILES string of the molecule is CCCc1ccc(S(=O)(=O)NC2CCN(c3nccs3)CC2)cc1. The molecule has 2 heterocycles. The van der Waals surface area contributed by atoms with E-state index >= 15 is 0 Å². The lowest BCUT2D eigenvalue weighted by Crippen LogP contribution is -2.44. The minimum absolute atomic E-state index is 0.0125. The molecule has 0 aliphatic carbocycles. The molecule has 24 heavy (non-hydrogen) atoms. The van der Waals surface area contributed by atoms with Crippen LogP contribution < -0.4 is 9.62 Å².